The molecule has 1 unspecified atom stereocenters. The minimum Gasteiger partial charge on any atom is -0.309 e. The minimum absolute atomic E-state index is 0.713. The third-order valence-electron chi connectivity index (χ3n) is 15.7. The largest absolute Gasteiger partial charge is 0.309 e. The van der Waals surface area contributed by atoms with Crippen molar-refractivity contribution in [3.63, 3.8) is 0 Å². The molecular formula is C68H45N3. The van der Waals surface area contributed by atoms with Gasteiger partial charge in [-0.1, -0.05) is 189 Å². The van der Waals surface area contributed by atoms with Crippen molar-refractivity contribution < 1.29 is 0 Å². The molecule has 15 rings (SSSR count). The first-order valence-corrected chi connectivity index (χ1v) is 24.7. The van der Waals surface area contributed by atoms with Crippen LogP contribution >= 0.6 is 0 Å². The molecule has 3 nitrogen and oxygen atoms in total. The average Bonchev–Trinajstić information content (AvgIpc) is 4.23. The van der Waals surface area contributed by atoms with Crippen LogP contribution in [0.4, 0.5) is 0 Å². The van der Waals surface area contributed by atoms with E-state index in [9.17, 15) is 0 Å². The summed E-state index contributed by atoms with van der Waals surface area (Å²) in [6.45, 7) is 6.63. The van der Waals surface area contributed by atoms with Gasteiger partial charge in [0.25, 0.3) is 0 Å². The molecule has 0 amide bonds. The SMILES string of the molecule is C=Cc1c(/C=C\C)n(-c2cccc(-c3ccccc3)c2)c2c3c(ccc12)-c1ccccc1C31c2ccccc2-c2ccc3c4ccccc4n(-c4ccc5c(c4)c4ccccc4n5-c4ccccc4)c3c21. The van der Waals surface area contributed by atoms with Crippen molar-refractivity contribution in [3.8, 4) is 50.4 Å². The molecule has 2 aliphatic rings. The lowest BCUT2D eigenvalue weighted by Gasteiger charge is -2.32. The quantitative estimate of drug-likeness (QED) is 0.158. The molecule has 332 valence electrons. The summed E-state index contributed by atoms with van der Waals surface area (Å²) < 4.78 is 7.54. The second-order valence-electron chi connectivity index (χ2n) is 19.1. The zero-order valence-electron chi connectivity index (χ0n) is 39.1. The fraction of sp³-hybridized carbons (Fsp3) is 0.0294. The highest BCUT2D eigenvalue weighted by molar-refractivity contribution is 6.17. The molecule has 0 aliphatic heterocycles. The zero-order chi connectivity index (χ0) is 47.0. The smallest absolute Gasteiger partial charge is 0.0767 e. The van der Waals surface area contributed by atoms with E-state index in [1.54, 1.807) is 0 Å². The maximum Gasteiger partial charge on any atom is 0.0767 e. The molecule has 0 N–H and O–H groups in total. The van der Waals surface area contributed by atoms with Gasteiger partial charge in [0.15, 0.2) is 0 Å². The molecule has 71 heavy (non-hydrogen) atoms. The maximum atomic E-state index is 4.51. The van der Waals surface area contributed by atoms with Crippen LogP contribution < -0.4 is 0 Å². The first-order valence-electron chi connectivity index (χ1n) is 24.7. The van der Waals surface area contributed by atoms with Gasteiger partial charge < -0.3 is 13.7 Å². The number of nitrogens with zero attached hydrogens (tertiary/aromatic N) is 3. The van der Waals surface area contributed by atoms with E-state index in [2.05, 4.69) is 270 Å². The molecule has 0 bridgehead atoms. The molecular weight excluding hydrogens is 859 g/mol. The predicted octanol–water partition coefficient (Wildman–Crippen LogP) is 17.5. The molecule has 3 heteroatoms. The van der Waals surface area contributed by atoms with Gasteiger partial charge >= 0.3 is 0 Å². The second kappa shape index (κ2) is 14.9. The van der Waals surface area contributed by atoms with Crippen molar-refractivity contribution in [1.29, 1.82) is 0 Å². The van der Waals surface area contributed by atoms with E-state index in [4.69, 9.17) is 0 Å². The molecule has 0 saturated heterocycles. The van der Waals surface area contributed by atoms with Crippen LogP contribution in [0.25, 0.3) is 117 Å². The number of hydrogen-bond acceptors (Lipinski definition) is 0. The van der Waals surface area contributed by atoms with Crippen LogP contribution in [0.2, 0.25) is 0 Å². The fourth-order valence-electron chi connectivity index (χ4n) is 13.1. The van der Waals surface area contributed by atoms with Crippen LogP contribution in [0, 0.1) is 0 Å². The Kier molecular flexibility index (Phi) is 8.35. The summed E-state index contributed by atoms with van der Waals surface area (Å²) >= 11 is 0. The lowest BCUT2D eigenvalue weighted by atomic mass is 9.69. The van der Waals surface area contributed by atoms with Crippen molar-refractivity contribution in [1.82, 2.24) is 13.7 Å². The van der Waals surface area contributed by atoms with Crippen molar-refractivity contribution in [2.24, 2.45) is 0 Å². The summed E-state index contributed by atoms with van der Waals surface area (Å²) in [5, 5.41) is 6.11. The van der Waals surface area contributed by atoms with Crippen molar-refractivity contribution >= 4 is 66.7 Å². The molecule has 2 aliphatic carbocycles. The lowest BCUT2D eigenvalue weighted by molar-refractivity contribution is 0.799. The predicted molar refractivity (Wildman–Crippen MR) is 298 cm³/mol. The topological polar surface area (TPSA) is 14.8 Å². The molecule has 0 fully saturated rings. The molecule has 0 saturated carbocycles. The van der Waals surface area contributed by atoms with Gasteiger partial charge in [-0.2, -0.15) is 0 Å². The summed E-state index contributed by atoms with van der Waals surface area (Å²) in [6.07, 6.45) is 6.50. The van der Waals surface area contributed by atoms with E-state index in [1.165, 1.54) is 110 Å². The van der Waals surface area contributed by atoms with E-state index in [1.807, 2.05) is 0 Å². The standard InChI is InChI=1S/C68H45N3/c1-3-20-60-48(4-2)55-38-36-53-49-27-11-15-31-58(49)68(64(53)66(55)70(60)46-26-19-23-44(41-46)43-21-7-5-8-22-43)59-32-16-12-28-50(59)54-37-39-56-51-29-13-18-34-62(51)71(67(56)65(54)68)47-35-40-63-57(42-47)52-30-14-17-33-61(52)69(63)45-24-9-6-10-25-45/h3-42H,2H2,1H3/b20-3-. The monoisotopic (exact) mass is 903 g/mol. The Labute approximate surface area is 411 Å². The van der Waals surface area contributed by atoms with Crippen molar-refractivity contribution in [2.45, 2.75) is 12.3 Å². The van der Waals surface area contributed by atoms with E-state index in [-0.39, 0.29) is 0 Å². The summed E-state index contributed by atoms with van der Waals surface area (Å²) in [6, 6.07) is 83.6. The Morgan fingerprint density at radius 2 is 0.915 bits per heavy atom. The van der Waals surface area contributed by atoms with Gasteiger partial charge in [0.1, 0.15) is 0 Å². The Morgan fingerprint density at radius 1 is 0.380 bits per heavy atom. The number of allylic oxidation sites excluding steroid dienone is 1. The normalized spacial score (nSPS) is 14.6. The van der Waals surface area contributed by atoms with E-state index >= 15 is 0 Å². The van der Waals surface area contributed by atoms with E-state index < -0.39 is 5.41 Å². The lowest BCUT2D eigenvalue weighted by Crippen LogP contribution is -2.27. The molecule has 1 spiro atoms. The van der Waals surface area contributed by atoms with Gasteiger partial charge in [-0.05, 0) is 112 Å². The Morgan fingerprint density at radius 3 is 1.61 bits per heavy atom. The highest BCUT2D eigenvalue weighted by atomic mass is 15.0. The van der Waals surface area contributed by atoms with Crippen LogP contribution in [0.15, 0.2) is 237 Å². The Balaban J connectivity index is 1.12. The van der Waals surface area contributed by atoms with Crippen LogP contribution in [0.5, 0.6) is 0 Å². The highest BCUT2D eigenvalue weighted by Crippen LogP contribution is 2.66. The molecule has 3 heterocycles. The summed E-state index contributed by atoms with van der Waals surface area (Å²) in [5.74, 6) is 0. The zero-order valence-corrected chi connectivity index (χ0v) is 39.1. The third kappa shape index (κ3) is 5.22. The van der Waals surface area contributed by atoms with Crippen LogP contribution in [0.1, 0.15) is 40.4 Å². The van der Waals surface area contributed by atoms with Gasteiger partial charge in [-0.15, -0.1) is 0 Å². The minimum atomic E-state index is -0.713. The van der Waals surface area contributed by atoms with Gasteiger partial charge in [0, 0.05) is 60.7 Å². The Bertz CT molecular complexity index is 4410. The number of aromatic nitrogens is 3. The summed E-state index contributed by atoms with van der Waals surface area (Å²) in [5.41, 5.74) is 23.6. The first-order chi connectivity index (χ1) is 35.2. The number of benzene rings is 10. The number of hydrogen-bond donors (Lipinski definition) is 0. The van der Waals surface area contributed by atoms with Gasteiger partial charge in [0.2, 0.25) is 0 Å². The number of para-hydroxylation sites is 3. The van der Waals surface area contributed by atoms with Gasteiger partial charge in [0.05, 0.1) is 38.7 Å². The molecule has 13 aromatic rings. The maximum absolute atomic E-state index is 4.51. The molecule has 3 aromatic heterocycles. The second-order valence-corrected chi connectivity index (χ2v) is 19.1. The van der Waals surface area contributed by atoms with Crippen LogP contribution in [-0.2, 0) is 5.41 Å². The molecule has 1 atom stereocenters. The van der Waals surface area contributed by atoms with Crippen molar-refractivity contribution in [3.05, 3.63) is 271 Å². The van der Waals surface area contributed by atoms with Crippen LogP contribution in [0.3, 0.4) is 0 Å². The van der Waals surface area contributed by atoms with Crippen molar-refractivity contribution in [2.75, 3.05) is 0 Å². The third-order valence-corrected chi connectivity index (χ3v) is 15.7. The van der Waals surface area contributed by atoms with E-state index in [0.29, 0.717) is 0 Å². The average molecular weight is 904 g/mol. The molecule has 10 aromatic carbocycles. The highest BCUT2D eigenvalue weighted by Gasteiger charge is 2.54. The number of fused-ring (bicyclic) bond motifs is 19. The first kappa shape index (κ1) is 39.8. The Hall–Kier alpha value is -9.18. The number of rotatable bonds is 6. The molecule has 0 radical (unpaired) electrons. The summed E-state index contributed by atoms with van der Waals surface area (Å²) in [4.78, 5) is 0. The van der Waals surface area contributed by atoms with Crippen LogP contribution in [-0.4, -0.2) is 13.7 Å². The van der Waals surface area contributed by atoms with Gasteiger partial charge in [-0.3, -0.25) is 0 Å². The van der Waals surface area contributed by atoms with Gasteiger partial charge in [-0.25, -0.2) is 0 Å². The van der Waals surface area contributed by atoms with E-state index in [0.717, 1.165) is 28.3 Å². The summed E-state index contributed by atoms with van der Waals surface area (Å²) in [7, 11) is 0. The fourth-order valence-corrected chi connectivity index (χ4v) is 13.1.